The summed E-state index contributed by atoms with van der Waals surface area (Å²) in [5.41, 5.74) is 3.03. The van der Waals surface area contributed by atoms with Crippen LogP contribution in [0.25, 0.3) is 10.8 Å². The summed E-state index contributed by atoms with van der Waals surface area (Å²) in [6.07, 6.45) is 0. The number of rotatable bonds is 12. The van der Waals surface area contributed by atoms with Crippen LogP contribution in [0.1, 0.15) is 11.1 Å². The fourth-order valence-electron chi connectivity index (χ4n) is 5.46. The van der Waals surface area contributed by atoms with Crippen LogP contribution in [0.4, 0.5) is 45.5 Å². The van der Waals surface area contributed by atoms with Gasteiger partial charge in [-0.15, -0.1) is 10.2 Å². The highest BCUT2D eigenvalue weighted by Crippen LogP contribution is 2.42. The van der Waals surface area contributed by atoms with Gasteiger partial charge < -0.3 is 15.2 Å². The molecule has 0 aromatic heterocycles. The first-order valence-corrected chi connectivity index (χ1v) is 20.9. The van der Waals surface area contributed by atoms with Crippen LogP contribution in [-0.4, -0.2) is 51.1 Å². The van der Waals surface area contributed by atoms with Crippen molar-refractivity contribution in [1.82, 2.24) is 0 Å². The van der Waals surface area contributed by atoms with E-state index in [1.54, 1.807) is 87.7 Å². The zero-order valence-electron chi connectivity index (χ0n) is 30.4. The predicted octanol–water partition coefficient (Wildman–Crippen LogP) is 9.90. The fraction of sp³-hybridized carbons (Fsp3) is 0.0811. The number of anilines is 2. The van der Waals surface area contributed by atoms with Gasteiger partial charge in [0.1, 0.15) is 26.9 Å². The molecule has 0 radical (unpaired) electrons. The van der Waals surface area contributed by atoms with E-state index in [1.807, 2.05) is 0 Å². The van der Waals surface area contributed by atoms with E-state index >= 15 is 0 Å². The molecule has 0 saturated carbocycles. The second-order valence-corrected chi connectivity index (χ2v) is 16.7. The van der Waals surface area contributed by atoms with E-state index < -0.39 is 56.5 Å². The topological polar surface area (TPSA) is 279 Å². The first-order valence-electron chi connectivity index (χ1n) is 16.5. The number of hydrogen-bond donors (Lipinski definition) is 5. The maximum atomic E-state index is 12.4. The number of nitrogens with one attached hydrogen (secondary N) is 1. The van der Waals surface area contributed by atoms with Crippen LogP contribution in [0.5, 0.6) is 11.5 Å². The van der Waals surface area contributed by atoms with Crippen molar-refractivity contribution < 1.29 is 48.8 Å². The molecule has 0 aliphatic carbocycles. The number of benzene rings is 6. The molecule has 0 bridgehead atoms. The number of aromatic hydroxyl groups is 1. The maximum Gasteiger partial charge on any atom is 0.296 e. The lowest BCUT2D eigenvalue weighted by Gasteiger charge is -2.12. The number of nitrogens with zero attached hydrogens (tertiary/aromatic N) is 6. The first-order chi connectivity index (χ1) is 27.3. The summed E-state index contributed by atoms with van der Waals surface area (Å²) in [5, 5.41) is 39.4. The summed E-state index contributed by atoms with van der Waals surface area (Å²) in [6.45, 7) is 3.39. The molecule has 0 fully saturated rings. The number of methoxy groups -OCH3 is 1. The van der Waals surface area contributed by atoms with E-state index in [9.17, 15) is 44.0 Å². The average molecular weight is 846 g/mol. The van der Waals surface area contributed by atoms with E-state index in [2.05, 4.69) is 36.0 Å². The molecule has 0 heterocycles. The van der Waals surface area contributed by atoms with Crippen molar-refractivity contribution in [2.45, 2.75) is 28.5 Å². The summed E-state index contributed by atoms with van der Waals surface area (Å²) in [5.74, 6) is 0.162. The molecular weight excluding hydrogens is 815 g/mol. The van der Waals surface area contributed by atoms with Gasteiger partial charge in [0.25, 0.3) is 30.4 Å². The lowest BCUT2D eigenvalue weighted by molar-refractivity contribution is 0.415. The third kappa shape index (κ3) is 9.54. The van der Waals surface area contributed by atoms with Gasteiger partial charge in [-0.2, -0.15) is 45.7 Å². The van der Waals surface area contributed by atoms with Crippen molar-refractivity contribution in [3.05, 3.63) is 114 Å². The zero-order chi connectivity index (χ0) is 42.0. The smallest absolute Gasteiger partial charge is 0.296 e. The van der Waals surface area contributed by atoms with Crippen molar-refractivity contribution >= 4 is 86.6 Å². The molecule has 0 atom stereocenters. The largest absolute Gasteiger partial charge is 0.505 e. The van der Waals surface area contributed by atoms with Gasteiger partial charge in [-0.25, -0.2) is 0 Å². The molecule has 0 unspecified atom stereocenters. The van der Waals surface area contributed by atoms with Gasteiger partial charge in [0.05, 0.1) is 34.8 Å². The molecular formula is C37H31N7O11S3. The third-order valence-corrected chi connectivity index (χ3v) is 11.0. The van der Waals surface area contributed by atoms with Gasteiger partial charge in [-0.1, -0.05) is 0 Å². The van der Waals surface area contributed by atoms with Crippen LogP contribution >= 0.6 is 0 Å². The SMILES string of the molecule is COc1ccc(Nc2ccc3c(O)c(N=Nc4ccc(N=Nc5ccc(N=Nc6ccc(S(=O)(=O)O)cc6S(=O)(=O)O)c(C)c5)c(C)c4)c(S(=O)(=O)O)cc3c2)cc1. The average Bonchev–Trinajstić information content (AvgIpc) is 3.16. The normalized spacial score (nSPS) is 12.6. The molecule has 21 heteroatoms. The molecule has 0 spiro atoms. The standard InChI is InChI=1S/C37H31N7O11S3/c1-21-17-27(40-44-36-35(58(52,53)54)19-23-18-25(6-12-30(23)37(36)45)38-24-4-9-28(55-3)10-5-24)8-13-31(21)41-39-26-7-14-32(22(2)16-26)42-43-33-15-11-29(56(46,47)48)20-34(33)57(49,50)51/h4-20,38,45H,1-3H3,(H,46,47,48)(H,49,50,51)(H,52,53,54). The minimum atomic E-state index is -4.93. The molecule has 5 N–H and O–H groups in total. The Kier molecular flexibility index (Phi) is 11.5. The van der Waals surface area contributed by atoms with E-state index in [0.29, 0.717) is 45.4 Å². The van der Waals surface area contributed by atoms with E-state index in [4.69, 9.17) is 4.74 Å². The van der Waals surface area contributed by atoms with E-state index in [-0.39, 0.29) is 22.4 Å². The summed E-state index contributed by atoms with van der Waals surface area (Å²) in [7, 11) is -13.0. The maximum absolute atomic E-state index is 12.4. The third-order valence-electron chi connectivity index (χ3n) is 8.38. The summed E-state index contributed by atoms with van der Waals surface area (Å²) >= 11 is 0. The molecule has 58 heavy (non-hydrogen) atoms. The Bertz CT molecular complexity index is 3030. The number of fused-ring (bicyclic) bond motifs is 1. The Morgan fingerprint density at radius 2 is 1.07 bits per heavy atom. The highest BCUT2D eigenvalue weighted by molar-refractivity contribution is 7.87. The molecule has 6 aromatic rings. The van der Waals surface area contributed by atoms with Gasteiger partial charge in [0, 0.05) is 16.8 Å². The Morgan fingerprint density at radius 1 is 0.534 bits per heavy atom. The monoisotopic (exact) mass is 845 g/mol. The zero-order valence-corrected chi connectivity index (χ0v) is 32.8. The minimum absolute atomic E-state index is 0.263. The molecule has 0 saturated heterocycles. The Balaban J connectivity index is 1.20. The molecule has 0 amide bonds. The van der Waals surface area contributed by atoms with Gasteiger partial charge in [0.15, 0.2) is 5.75 Å². The van der Waals surface area contributed by atoms with Gasteiger partial charge in [-0.3, -0.25) is 13.7 Å². The van der Waals surface area contributed by atoms with Gasteiger partial charge in [-0.05, 0) is 133 Å². The lowest BCUT2D eigenvalue weighted by atomic mass is 10.1. The number of ether oxygens (including phenoxy) is 1. The van der Waals surface area contributed by atoms with Crippen molar-refractivity contribution in [3.8, 4) is 11.5 Å². The van der Waals surface area contributed by atoms with Crippen LogP contribution < -0.4 is 10.1 Å². The number of aryl methyl sites for hydroxylation is 2. The fourth-order valence-corrected chi connectivity index (χ4v) is 7.35. The summed E-state index contributed by atoms with van der Waals surface area (Å²) < 4.78 is 105. The second-order valence-electron chi connectivity index (χ2n) is 12.5. The molecule has 298 valence electrons. The van der Waals surface area contributed by atoms with Crippen LogP contribution in [0.3, 0.4) is 0 Å². The van der Waals surface area contributed by atoms with Crippen molar-refractivity contribution in [2.75, 3.05) is 12.4 Å². The van der Waals surface area contributed by atoms with Gasteiger partial charge in [0.2, 0.25) is 0 Å². The molecule has 18 nitrogen and oxygen atoms in total. The Hall–Kier alpha value is -6.49. The number of phenols is 1. The van der Waals surface area contributed by atoms with Crippen LogP contribution in [0.2, 0.25) is 0 Å². The first kappa shape index (κ1) is 41.2. The van der Waals surface area contributed by atoms with Crippen LogP contribution in [0.15, 0.2) is 149 Å². The van der Waals surface area contributed by atoms with Crippen molar-refractivity contribution in [3.63, 3.8) is 0 Å². The van der Waals surface area contributed by atoms with Crippen molar-refractivity contribution in [1.29, 1.82) is 0 Å². The summed E-state index contributed by atoms with van der Waals surface area (Å²) in [4.78, 5) is -2.28. The second kappa shape index (κ2) is 16.2. The lowest BCUT2D eigenvalue weighted by Crippen LogP contribution is -2.03. The molecule has 0 aliphatic heterocycles. The number of azo groups is 3. The number of phenolic OH excluding ortho intramolecular Hbond substituents is 1. The minimum Gasteiger partial charge on any atom is -0.505 e. The highest BCUT2D eigenvalue weighted by Gasteiger charge is 2.23. The van der Waals surface area contributed by atoms with Crippen molar-refractivity contribution in [2.24, 2.45) is 30.7 Å². The highest BCUT2D eigenvalue weighted by atomic mass is 32.2. The van der Waals surface area contributed by atoms with Crippen LogP contribution in [-0.2, 0) is 30.4 Å². The quantitative estimate of drug-likeness (QED) is 0.0568. The summed E-state index contributed by atoms with van der Waals surface area (Å²) in [6, 6.07) is 25.0. The number of hydrogen-bond acceptors (Lipinski definition) is 15. The van der Waals surface area contributed by atoms with Crippen LogP contribution in [0, 0.1) is 13.8 Å². The Labute approximate surface area is 331 Å². The van der Waals surface area contributed by atoms with Gasteiger partial charge >= 0.3 is 0 Å². The van der Waals surface area contributed by atoms with E-state index in [1.165, 1.54) is 18.2 Å². The molecule has 0 aliphatic rings. The van der Waals surface area contributed by atoms with E-state index in [0.717, 1.165) is 17.8 Å². The Morgan fingerprint density at radius 3 is 1.62 bits per heavy atom. The predicted molar refractivity (Wildman–Crippen MR) is 213 cm³/mol. The molecule has 6 aromatic carbocycles. The molecule has 6 rings (SSSR count).